The quantitative estimate of drug-likeness (QED) is 0.782. The van der Waals surface area contributed by atoms with Crippen molar-refractivity contribution in [3.63, 3.8) is 0 Å². The number of piperidine rings is 1. The lowest BCUT2D eigenvalue weighted by molar-refractivity contribution is 0.0545. The lowest BCUT2D eigenvalue weighted by Crippen LogP contribution is -2.45. The van der Waals surface area contributed by atoms with Crippen molar-refractivity contribution < 1.29 is 15.3 Å². The minimum atomic E-state index is -0.566. The van der Waals surface area contributed by atoms with Gasteiger partial charge in [-0.15, -0.1) is 0 Å². The van der Waals surface area contributed by atoms with Crippen LogP contribution in [0.15, 0.2) is 30.3 Å². The number of anilines is 1. The van der Waals surface area contributed by atoms with E-state index in [1.165, 1.54) is 0 Å². The molecule has 0 radical (unpaired) electrons. The summed E-state index contributed by atoms with van der Waals surface area (Å²) in [6, 6.07) is 9.74. The summed E-state index contributed by atoms with van der Waals surface area (Å²) in [4.78, 5) is 6.64. The zero-order chi connectivity index (χ0) is 14.8. The van der Waals surface area contributed by atoms with E-state index in [1.807, 2.05) is 35.2 Å². The minimum absolute atomic E-state index is 0.00696. The molecule has 1 fully saturated rings. The van der Waals surface area contributed by atoms with Gasteiger partial charge in [0.1, 0.15) is 5.82 Å². The number of fused-ring (bicyclic) bond motifs is 1. The second-order valence-electron chi connectivity index (χ2n) is 5.57. The summed E-state index contributed by atoms with van der Waals surface area (Å²) in [7, 11) is 0. The number of aliphatic hydroxyl groups excluding tert-OH is 3. The number of para-hydroxylation sites is 1. The van der Waals surface area contributed by atoms with Gasteiger partial charge in [-0.3, -0.25) is 0 Å². The lowest BCUT2D eigenvalue weighted by Gasteiger charge is -2.36. The number of rotatable bonds is 3. The lowest BCUT2D eigenvalue weighted by atomic mass is 9.94. The number of hydrogen-bond donors (Lipinski definition) is 3. The monoisotopic (exact) mass is 288 g/mol. The molecule has 0 bridgehead atoms. The van der Waals surface area contributed by atoms with Gasteiger partial charge < -0.3 is 20.2 Å². The maximum absolute atomic E-state index is 10.1. The van der Waals surface area contributed by atoms with Gasteiger partial charge in [-0.25, -0.2) is 4.98 Å². The molecule has 0 spiro atoms. The number of β-amino-alcohol motifs (C(OH)–C–C–N with tert-alkyl or cyclic N) is 1. The van der Waals surface area contributed by atoms with Crippen LogP contribution in [0.4, 0.5) is 5.82 Å². The van der Waals surface area contributed by atoms with Crippen molar-refractivity contribution >= 4 is 16.7 Å². The largest absolute Gasteiger partial charge is 0.396 e. The molecule has 1 aromatic carbocycles. The van der Waals surface area contributed by atoms with Gasteiger partial charge in [0.15, 0.2) is 0 Å². The first-order valence-electron chi connectivity index (χ1n) is 7.26. The molecule has 112 valence electrons. The van der Waals surface area contributed by atoms with Crippen molar-refractivity contribution in [2.45, 2.75) is 19.1 Å². The number of aliphatic hydroxyl groups is 3. The fourth-order valence-corrected chi connectivity index (χ4v) is 2.93. The van der Waals surface area contributed by atoms with E-state index in [0.717, 1.165) is 35.2 Å². The van der Waals surface area contributed by atoms with Crippen LogP contribution in [0.25, 0.3) is 10.9 Å². The Morgan fingerprint density at radius 3 is 2.76 bits per heavy atom. The topological polar surface area (TPSA) is 76.8 Å². The third-order valence-electron chi connectivity index (χ3n) is 4.21. The average molecular weight is 288 g/mol. The molecule has 0 amide bonds. The van der Waals surface area contributed by atoms with Crippen molar-refractivity contribution in [3.8, 4) is 0 Å². The van der Waals surface area contributed by atoms with E-state index in [0.29, 0.717) is 6.54 Å². The number of aromatic nitrogens is 1. The fraction of sp³-hybridized carbons (Fsp3) is 0.438. The molecule has 2 aromatic rings. The van der Waals surface area contributed by atoms with Gasteiger partial charge >= 0.3 is 0 Å². The predicted octanol–water partition coefficient (Wildman–Crippen LogP) is 0.907. The Balaban J connectivity index is 1.96. The SMILES string of the molecule is OCc1cc2ccccc2nc1N1CC[C@H](CO)[C@@H](O)C1. The maximum atomic E-state index is 10.1. The second kappa shape index (κ2) is 5.97. The highest BCUT2D eigenvalue weighted by molar-refractivity contribution is 5.81. The molecular formula is C16H20N2O3. The van der Waals surface area contributed by atoms with E-state index in [2.05, 4.69) is 4.98 Å². The van der Waals surface area contributed by atoms with E-state index in [-0.39, 0.29) is 19.1 Å². The van der Waals surface area contributed by atoms with Crippen LogP contribution < -0.4 is 4.90 Å². The number of benzene rings is 1. The summed E-state index contributed by atoms with van der Waals surface area (Å²) in [6.07, 6.45) is 0.153. The first kappa shape index (κ1) is 14.3. The van der Waals surface area contributed by atoms with Crippen LogP contribution in [0.3, 0.4) is 0 Å². The van der Waals surface area contributed by atoms with Crippen LogP contribution in [-0.4, -0.2) is 46.1 Å². The Morgan fingerprint density at radius 1 is 1.24 bits per heavy atom. The average Bonchev–Trinajstić information content (AvgIpc) is 2.53. The van der Waals surface area contributed by atoms with Crippen molar-refractivity contribution in [2.75, 3.05) is 24.6 Å². The van der Waals surface area contributed by atoms with E-state index >= 15 is 0 Å². The molecule has 0 aliphatic carbocycles. The highest BCUT2D eigenvalue weighted by Gasteiger charge is 2.28. The van der Waals surface area contributed by atoms with Gasteiger partial charge in [0.2, 0.25) is 0 Å². The molecule has 3 rings (SSSR count). The van der Waals surface area contributed by atoms with Gasteiger partial charge in [0.25, 0.3) is 0 Å². The molecule has 1 aromatic heterocycles. The first-order valence-corrected chi connectivity index (χ1v) is 7.26. The Bertz CT molecular complexity index is 632. The van der Waals surface area contributed by atoms with Crippen LogP contribution in [0, 0.1) is 5.92 Å². The first-order chi connectivity index (χ1) is 10.2. The van der Waals surface area contributed by atoms with Crippen molar-refractivity contribution in [3.05, 3.63) is 35.9 Å². The van der Waals surface area contributed by atoms with Crippen LogP contribution >= 0.6 is 0 Å². The Hall–Kier alpha value is -1.69. The molecule has 21 heavy (non-hydrogen) atoms. The zero-order valence-electron chi connectivity index (χ0n) is 11.8. The normalized spacial score (nSPS) is 22.7. The smallest absolute Gasteiger partial charge is 0.134 e. The van der Waals surface area contributed by atoms with E-state index in [9.17, 15) is 15.3 Å². The summed E-state index contributed by atoms with van der Waals surface area (Å²) in [5, 5.41) is 29.9. The summed E-state index contributed by atoms with van der Waals surface area (Å²) in [5.41, 5.74) is 1.65. The molecule has 1 aliphatic rings. The van der Waals surface area contributed by atoms with Crippen LogP contribution in [-0.2, 0) is 6.61 Å². The summed E-state index contributed by atoms with van der Waals surface area (Å²) in [6.45, 7) is 1.08. The van der Waals surface area contributed by atoms with Crippen LogP contribution in [0.5, 0.6) is 0 Å². The molecule has 0 unspecified atom stereocenters. The summed E-state index contributed by atoms with van der Waals surface area (Å²) in [5.74, 6) is 0.658. The van der Waals surface area contributed by atoms with Gasteiger partial charge in [-0.05, 0) is 18.6 Å². The second-order valence-corrected chi connectivity index (χ2v) is 5.57. The third-order valence-corrected chi connectivity index (χ3v) is 4.21. The molecule has 2 atom stereocenters. The van der Waals surface area contributed by atoms with Crippen LogP contribution in [0.1, 0.15) is 12.0 Å². The number of pyridine rings is 1. The van der Waals surface area contributed by atoms with E-state index in [4.69, 9.17) is 0 Å². The minimum Gasteiger partial charge on any atom is -0.396 e. The molecule has 3 N–H and O–H groups in total. The van der Waals surface area contributed by atoms with Crippen molar-refractivity contribution in [2.24, 2.45) is 5.92 Å². The maximum Gasteiger partial charge on any atom is 0.134 e. The predicted molar refractivity (Wildman–Crippen MR) is 81.1 cm³/mol. The van der Waals surface area contributed by atoms with Crippen LogP contribution in [0.2, 0.25) is 0 Å². The summed E-state index contributed by atoms with van der Waals surface area (Å²) >= 11 is 0. The standard InChI is InChI=1S/C16H20N2O3/c19-9-12-5-6-18(8-15(12)21)16-13(10-20)7-11-3-1-2-4-14(11)17-16/h1-4,7,12,15,19-21H,5-6,8-10H2/t12-,15+/m1/s1. The molecule has 1 aliphatic heterocycles. The Labute approximate surface area is 123 Å². The van der Waals surface area contributed by atoms with Gasteiger partial charge in [-0.2, -0.15) is 0 Å². The molecule has 5 heteroatoms. The van der Waals surface area contributed by atoms with Crippen molar-refractivity contribution in [1.82, 2.24) is 4.98 Å². The number of nitrogens with zero attached hydrogens (tertiary/aromatic N) is 2. The zero-order valence-corrected chi connectivity index (χ0v) is 11.8. The fourth-order valence-electron chi connectivity index (χ4n) is 2.93. The molecule has 5 nitrogen and oxygen atoms in total. The Kier molecular flexibility index (Phi) is 4.05. The van der Waals surface area contributed by atoms with E-state index < -0.39 is 6.10 Å². The Morgan fingerprint density at radius 2 is 2.05 bits per heavy atom. The third kappa shape index (κ3) is 2.72. The molecule has 0 saturated carbocycles. The van der Waals surface area contributed by atoms with Gasteiger partial charge in [0, 0.05) is 36.6 Å². The highest BCUT2D eigenvalue weighted by Crippen LogP contribution is 2.27. The van der Waals surface area contributed by atoms with Gasteiger partial charge in [0.05, 0.1) is 18.2 Å². The highest BCUT2D eigenvalue weighted by atomic mass is 16.3. The van der Waals surface area contributed by atoms with Gasteiger partial charge in [-0.1, -0.05) is 18.2 Å². The molecular weight excluding hydrogens is 268 g/mol. The molecule has 1 saturated heterocycles. The summed E-state index contributed by atoms with van der Waals surface area (Å²) < 4.78 is 0. The molecule has 2 heterocycles. The van der Waals surface area contributed by atoms with E-state index in [1.54, 1.807) is 0 Å². The number of hydrogen-bond acceptors (Lipinski definition) is 5. The van der Waals surface area contributed by atoms with Crippen molar-refractivity contribution in [1.29, 1.82) is 0 Å².